The molecule has 0 saturated carbocycles. The minimum atomic E-state index is -0.530. The van der Waals surface area contributed by atoms with Crippen molar-refractivity contribution in [2.45, 2.75) is 13.5 Å². The quantitative estimate of drug-likeness (QED) is 0.734. The van der Waals surface area contributed by atoms with Crippen LogP contribution in [0.1, 0.15) is 21.7 Å². The predicted molar refractivity (Wildman–Crippen MR) is 92.5 cm³/mol. The molecule has 2 N–H and O–H groups in total. The molecule has 0 aliphatic rings. The van der Waals surface area contributed by atoms with E-state index in [1.165, 1.54) is 24.3 Å². The molecular formula is C19H16FN3O3. The van der Waals surface area contributed by atoms with E-state index in [-0.39, 0.29) is 12.4 Å². The molecule has 132 valence electrons. The van der Waals surface area contributed by atoms with Crippen molar-refractivity contribution in [3.8, 4) is 17.2 Å². The molecule has 2 aromatic carbocycles. The zero-order valence-electron chi connectivity index (χ0n) is 14.0. The van der Waals surface area contributed by atoms with Gasteiger partial charge in [0.2, 0.25) is 5.91 Å². The highest BCUT2D eigenvalue weighted by molar-refractivity contribution is 5.92. The Bertz CT molecular complexity index is 912. The van der Waals surface area contributed by atoms with Gasteiger partial charge in [0.1, 0.15) is 35.5 Å². The first-order valence-electron chi connectivity index (χ1n) is 7.78. The minimum absolute atomic E-state index is 0.205. The molecule has 3 aromatic rings. The summed E-state index contributed by atoms with van der Waals surface area (Å²) in [6.07, 6.45) is 3.30. The van der Waals surface area contributed by atoms with Crippen molar-refractivity contribution in [2.24, 2.45) is 5.73 Å². The Balaban J connectivity index is 1.70. The van der Waals surface area contributed by atoms with Crippen molar-refractivity contribution in [1.29, 1.82) is 0 Å². The van der Waals surface area contributed by atoms with E-state index in [4.69, 9.17) is 15.2 Å². The number of aryl methyl sites for hydroxylation is 1. The van der Waals surface area contributed by atoms with E-state index in [1.807, 2.05) is 0 Å². The van der Waals surface area contributed by atoms with E-state index in [2.05, 4.69) is 9.97 Å². The lowest BCUT2D eigenvalue weighted by Gasteiger charge is -2.10. The summed E-state index contributed by atoms with van der Waals surface area (Å²) in [5, 5.41) is 0. The summed E-state index contributed by atoms with van der Waals surface area (Å²) in [5.41, 5.74) is 6.32. The van der Waals surface area contributed by atoms with Gasteiger partial charge in [-0.3, -0.25) is 4.79 Å². The fraction of sp³-hybridized carbons (Fsp3) is 0.105. The van der Waals surface area contributed by atoms with Gasteiger partial charge in [-0.25, -0.2) is 14.4 Å². The molecule has 0 aliphatic carbocycles. The number of primary amides is 1. The molecule has 0 spiro atoms. The average molecular weight is 353 g/mol. The Hall–Kier alpha value is -3.48. The second-order valence-electron chi connectivity index (χ2n) is 5.54. The minimum Gasteiger partial charge on any atom is -0.489 e. The lowest BCUT2D eigenvalue weighted by molar-refractivity contribution is 0.100. The van der Waals surface area contributed by atoms with E-state index >= 15 is 0 Å². The third kappa shape index (κ3) is 4.54. The van der Waals surface area contributed by atoms with Crippen LogP contribution in [-0.2, 0) is 6.61 Å². The van der Waals surface area contributed by atoms with Gasteiger partial charge in [-0.05, 0) is 31.2 Å². The van der Waals surface area contributed by atoms with Crippen molar-refractivity contribution in [3.63, 3.8) is 0 Å². The third-order valence-electron chi connectivity index (χ3n) is 3.46. The van der Waals surface area contributed by atoms with Crippen LogP contribution in [0.3, 0.4) is 0 Å². The number of carbonyl (C=O) groups excluding carboxylic acids is 1. The number of rotatable bonds is 6. The van der Waals surface area contributed by atoms with Crippen molar-refractivity contribution < 1.29 is 18.7 Å². The van der Waals surface area contributed by atoms with E-state index < -0.39 is 11.7 Å². The monoisotopic (exact) mass is 353 g/mol. The van der Waals surface area contributed by atoms with Crippen molar-refractivity contribution in [1.82, 2.24) is 9.97 Å². The Labute approximate surface area is 149 Å². The number of nitrogens with two attached hydrogens (primary N) is 1. The van der Waals surface area contributed by atoms with Gasteiger partial charge >= 0.3 is 0 Å². The summed E-state index contributed by atoms with van der Waals surface area (Å²) >= 11 is 0. The molecular weight excluding hydrogens is 337 g/mol. The summed E-state index contributed by atoms with van der Waals surface area (Å²) in [7, 11) is 0. The van der Waals surface area contributed by atoms with Crippen LogP contribution >= 0.6 is 0 Å². The maximum Gasteiger partial charge on any atom is 0.248 e. The second-order valence-corrected chi connectivity index (χ2v) is 5.54. The van der Waals surface area contributed by atoms with E-state index in [9.17, 15) is 9.18 Å². The lowest BCUT2D eigenvalue weighted by Crippen LogP contribution is -2.10. The molecule has 0 unspecified atom stereocenters. The summed E-state index contributed by atoms with van der Waals surface area (Å²) < 4.78 is 25.0. The molecule has 26 heavy (non-hydrogen) atoms. The summed E-state index contributed by atoms with van der Waals surface area (Å²) in [6.45, 7) is 1.99. The Kier molecular flexibility index (Phi) is 5.07. The molecule has 6 nitrogen and oxygen atoms in total. The van der Waals surface area contributed by atoms with Gasteiger partial charge in [0, 0.05) is 41.7 Å². The smallest absolute Gasteiger partial charge is 0.248 e. The number of benzene rings is 2. The topological polar surface area (TPSA) is 87.3 Å². The Morgan fingerprint density at radius 2 is 1.69 bits per heavy atom. The summed E-state index contributed by atoms with van der Waals surface area (Å²) in [5.74, 6) is 0.668. The normalized spacial score (nSPS) is 10.4. The lowest BCUT2D eigenvalue weighted by atomic mass is 10.2. The van der Waals surface area contributed by atoms with Gasteiger partial charge in [-0.1, -0.05) is 0 Å². The van der Waals surface area contributed by atoms with Crippen LogP contribution < -0.4 is 15.2 Å². The van der Waals surface area contributed by atoms with Crippen molar-refractivity contribution in [3.05, 3.63) is 77.6 Å². The highest BCUT2D eigenvalue weighted by Crippen LogP contribution is 2.27. The summed E-state index contributed by atoms with van der Waals surface area (Å²) in [6, 6.07) is 10.3. The number of amides is 1. The molecule has 0 bridgehead atoms. The molecule has 0 saturated heterocycles. The molecule has 1 heterocycles. The average Bonchev–Trinajstić information content (AvgIpc) is 2.61. The van der Waals surface area contributed by atoms with E-state index in [0.717, 1.165) is 5.56 Å². The molecule has 1 amide bonds. The highest BCUT2D eigenvalue weighted by Gasteiger charge is 2.06. The van der Waals surface area contributed by atoms with Gasteiger partial charge in [-0.15, -0.1) is 0 Å². The fourth-order valence-corrected chi connectivity index (χ4v) is 2.16. The number of halogens is 1. The molecule has 0 fully saturated rings. The second kappa shape index (κ2) is 7.60. The SMILES string of the molecule is Cc1ncc(COc2cc(F)cc(Oc3ccc(C(N)=O)cc3)c2)cn1. The van der Waals surface area contributed by atoms with Crippen LogP contribution in [0, 0.1) is 12.7 Å². The van der Waals surface area contributed by atoms with Gasteiger partial charge in [0.25, 0.3) is 0 Å². The van der Waals surface area contributed by atoms with Crippen LogP contribution in [0.4, 0.5) is 4.39 Å². The largest absolute Gasteiger partial charge is 0.489 e. The fourth-order valence-electron chi connectivity index (χ4n) is 2.16. The predicted octanol–water partition coefficient (Wildman–Crippen LogP) is 3.39. The van der Waals surface area contributed by atoms with Crippen LogP contribution in [0.15, 0.2) is 54.9 Å². The number of carbonyl (C=O) groups is 1. The molecule has 0 atom stereocenters. The summed E-state index contributed by atoms with van der Waals surface area (Å²) in [4.78, 5) is 19.2. The highest BCUT2D eigenvalue weighted by atomic mass is 19.1. The van der Waals surface area contributed by atoms with Gasteiger partial charge in [0.15, 0.2) is 0 Å². The van der Waals surface area contributed by atoms with Crippen molar-refractivity contribution in [2.75, 3.05) is 0 Å². The maximum atomic E-state index is 13.8. The van der Waals surface area contributed by atoms with Crippen LogP contribution in [0.25, 0.3) is 0 Å². The van der Waals surface area contributed by atoms with Gasteiger partial charge in [-0.2, -0.15) is 0 Å². The number of nitrogens with zero attached hydrogens (tertiary/aromatic N) is 2. The van der Waals surface area contributed by atoms with E-state index in [0.29, 0.717) is 22.9 Å². The standard InChI is InChI=1S/C19H16FN3O3/c1-12-22-9-13(10-23-12)11-25-17-6-15(20)7-18(8-17)26-16-4-2-14(3-5-16)19(21)24/h2-10H,11H2,1H3,(H2,21,24). The van der Waals surface area contributed by atoms with Crippen molar-refractivity contribution >= 4 is 5.91 Å². The number of ether oxygens (including phenoxy) is 2. The number of hydrogen-bond acceptors (Lipinski definition) is 5. The molecule has 0 aliphatic heterocycles. The van der Waals surface area contributed by atoms with Gasteiger partial charge in [0.05, 0.1) is 0 Å². The van der Waals surface area contributed by atoms with Gasteiger partial charge < -0.3 is 15.2 Å². The number of hydrogen-bond donors (Lipinski definition) is 1. The zero-order chi connectivity index (χ0) is 18.5. The molecule has 7 heteroatoms. The molecule has 3 rings (SSSR count). The first-order chi connectivity index (χ1) is 12.5. The first-order valence-corrected chi connectivity index (χ1v) is 7.78. The third-order valence-corrected chi connectivity index (χ3v) is 3.46. The zero-order valence-corrected chi connectivity index (χ0v) is 14.0. The Morgan fingerprint density at radius 1 is 1.04 bits per heavy atom. The van der Waals surface area contributed by atoms with E-state index in [1.54, 1.807) is 37.5 Å². The number of aromatic nitrogens is 2. The Morgan fingerprint density at radius 3 is 2.35 bits per heavy atom. The van der Waals surface area contributed by atoms with Crippen LogP contribution in [-0.4, -0.2) is 15.9 Å². The molecule has 1 aromatic heterocycles. The van der Waals surface area contributed by atoms with Crippen LogP contribution in [0.5, 0.6) is 17.2 Å². The van der Waals surface area contributed by atoms with Crippen LogP contribution in [0.2, 0.25) is 0 Å². The maximum absolute atomic E-state index is 13.8. The molecule has 0 radical (unpaired) electrons. The first kappa shape index (κ1) is 17.3.